The van der Waals surface area contributed by atoms with Crippen LogP contribution in [0.1, 0.15) is 26.3 Å². The molecule has 0 unspecified atom stereocenters. The number of ether oxygens (including phenoxy) is 1. The maximum Gasteiger partial charge on any atom is 0.412 e. The average molecular weight is 280 g/mol. The number of benzene rings is 1. The van der Waals surface area contributed by atoms with Crippen molar-refractivity contribution in [3.63, 3.8) is 0 Å². The maximum absolute atomic E-state index is 13.8. The highest BCUT2D eigenvalue weighted by atomic mass is 19.1. The Morgan fingerprint density at radius 2 is 2.10 bits per heavy atom. The summed E-state index contributed by atoms with van der Waals surface area (Å²) < 4.78 is 18.9. The van der Waals surface area contributed by atoms with E-state index in [4.69, 9.17) is 4.74 Å². The number of anilines is 1. The maximum atomic E-state index is 13.8. The monoisotopic (exact) mass is 280 g/mol. The van der Waals surface area contributed by atoms with E-state index < -0.39 is 17.5 Å². The van der Waals surface area contributed by atoms with Crippen LogP contribution in [0.2, 0.25) is 0 Å². The van der Waals surface area contributed by atoms with Crippen molar-refractivity contribution in [2.45, 2.75) is 26.4 Å². The number of hydrogen-bond donors (Lipinski definition) is 2. The van der Waals surface area contributed by atoms with E-state index in [1.807, 2.05) is 13.1 Å². The molecule has 1 aromatic carbocycles. The highest BCUT2D eigenvalue weighted by Gasteiger charge is 2.17. The number of carbonyl (C=O) groups is 1. The zero-order valence-electron chi connectivity index (χ0n) is 12.3. The van der Waals surface area contributed by atoms with Gasteiger partial charge in [-0.25, -0.2) is 9.18 Å². The molecular formula is C15H21FN2O2. The van der Waals surface area contributed by atoms with Gasteiger partial charge in [0.1, 0.15) is 11.4 Å². The van der Waals surface area contributed by atoms with Crippen LogP contribution in [0, 0.1) is 5.82 Å². The molecule has 2 N–H and O–H groups in total. The summed E-state index contributed by atoms with van der Waals surface area (Å²) in [5.41, 5.74) is 0.216. The number of rotatable bonds is 4. The van der Waals surface area contributed by atoms with Crippen LogP contribution >= 0.6 is 0 Å². The van der Waals surface area contributed by atoms with E-state index in [1.54, 1.807) is 32.9 Å². The lowest BCUT2D eigenvalue weighted by Gasteiger charge is -2.19. The van der Waals surface area contributed by atoms with Gasteiger partial charge in [-0.1, -0.05) is 18.2 Å². The third-order valence-electron chi connectivity index (χ3n) is 2.26. The fourth-order valence-electron chi connectivity index (χ4n) is 1.46. The van der Waals surface area contributed by atoms with Crippen LogP contribution in [-0.2, 0) is 4.74 Å². The van der Waals surface area contributed by atoms with Crippen LogP contribution in [0.15, 0.2) is 24.3 Å². The molecule has 1 rings (SSSR count). The molecule has 4 nitrogen and oxygen atoms in total. The smallest absolute Gasteiger partial charge is 0.412 e. The van der Waals surface area contributed by atoms with Crippen molar-refractivity contribution in [1.82, 2.24) is 5.32 Å². The minimum Gasteiger partial charge on any atom is -0.444 e. The second-order valence-electron chi connectivity index (χ2n) is 5.33. The van der Waals surface area contributed by atoms with Gasteiger partial charge in [0.2, 0.25) is 0 Å². The first-order valence-electron chi connectivity index (χ1n) is 6.42. The van der Waals surface area contributed by atoms with Gasteiger partial charge in [0.05, 0.1) is 5.69 Å². The number of halogens is 1. The number of nitrogens with one attached hydrogen (secondary N) is 2. The quantitative estimate of drug-likeness (QED) is 0.888. The first kappa shape index (κ1) is 16.2. The van der Waals surface area contributed by atoms with E-state index in [-0.39, 0.29) is 5.69 Å². The van der Waals surface area contributed by atoms with Crippen molar-refractivity contribution in [3.05, 3.63) is 35.7 Å². The van der Waals surface area contributed by atoms with Crippen LogP contribution in [0.5, 0.6) is 0 Å². The molecule has 0 aliphatic carbocycles. The molecule has 0 aliphatic rings. The largest absolute Gasteiger partial charge is 0.444 e. The molecule has 0 fully saturated rings. The first-order chi connectivity index (χ1) is 9.31. The molecule has 0 radical (unpaired) electrons. The Morgan fingerprint density at radius 1 is 1.40 bits per heavy atom. The first-order valence-corrected chi connectivity index (χ1v) is 6.42. The fourth-order valence-corrected chi connectivity index (χ4v) is 1.46. The summed E-state index contributed by atoms with van der Waals surface area (Å²) in [5.74, 6) is -0.498. The zero-order valence-corrected chi connectivity index (χ0v) is 12.3. The molecule has 0 bridgehead atoms. The summed E-state index contributed by atoms with van der Waals surface area (Å²) in [4.78, 5) is 11.6. The van der Waals surface area contributed by atoms with E-state index in [9.17, 15) is 9.18 Å². The molecule has 0 heterocycles. The SMILES string of the molecule is CNCC=Cc1ccc(NC(=O)OC(C)(C)C)c(F)c1. The van der Waals surface area contributed by atoms with E-state index in [0.717, 1.165) is 5.56 Å². The Balaban J connectivity index is 2.71. The van der Waals surface area contributed by atoms with Crippen LogP contribution in [0.4, 0.5) is 14.9 Å². The Labute approximate surface area is 119 Å². The molecular weight excluding hydrogens is 259 g/mol. The molecule has 5 heteroatoms. The normalized spacial score (nSPS) is 11.7. The van der Waals surface area contributed by atoms with Crippen LogP contribution in [0.3, 0.4) is 0 Å². The van der Waals surface area contributed by atoms with Gasteiger partial charge in [0, 0.05) is 6.54 Å². The Hall–Kier alpha value is -1.88. The van der Waals surface area contributed by atoms with Gasteiger partial charge in [-0.15, -0.1) is 0 Å². The zero-order chi connectivity index (χ0) is 15.2. The molecule has 110 valence electrons. The highest BCUT2D eigenvalue weighted by molar-refractivity contribution is 5.85. The number of amides is 1. The molecule has 0 spiro atoms. The molecule has 1 amide bonds. The van der Waals surface area contributed by atoms with Crippen molar-refractivity contribution >= 4 is 17.9 Å². The van der Waals surface area contributed by atoms with Crippen molar-refractivity contribution in [1.29, 1.82) is 0 Å². The predicted molar refractivity (Wildman–Crippen MR) is 79.2 cm³/mol. The summed E-state index contributed by atoms with van der Waals surface area (Å²) in [5, 5.41) is 5.35. The fraction of sp³-hybridized carbons (Fsp3) is 0.400. The van der Waals surface area contributed by atoms with Crippen molar-refractivity contribution in [2.24, 2.45) is 0 Å². The van der Waals surface area contributed by atoms with Gasteiger partial charge in [-0.05, 0) is 45.5 Å². The predicted octanol–water partition coefficient (Wildman–Crippen LogP) is 3.41. The standard InChI is InChI=1S/C15H21FN2O2/c1-15(2,3)20-14(19)18-13-8-7-11(10-12(13)16)6-5-9-17-4/h5-8,10,17H,9H2,1-4H3,(H,18,19). The molecule has 0 saturated heterocycles. The lowest BCUT2D eigenvalue weighted by molar-refractivity contribution is 0.0635. The van der Waals surface area contributed by atoms with E-state index in [2.05, 4.69) is 10.6 Å². The van der Waals surface area contributed by atoms with Crippen LogP contribution in [-0.4, -0.2) is 25.3 Å². The molecule has 0 saturated carbocycles. The second kappa shape index (κ2) is 7.05. The van der Waals surface area contributed by atoms with Gasteiger partial charge in [0.15, 0.2) is 0 Å². The molecule has 20 heavy (non-hydrogen) atoms. The van der Waals surface area contributed by atoms with E-state index in [0.29, 0.717) is 6.54 Å². The number of hydrogen-bond acceptors (Lipinski definition) is 3. The van der Waals surface area contributed by atoms with Crippen LogP contribution in [0.25, 0.3) is 6.08 Å². The molecule has 0 aliphatic heterocycles. The second-order valence-corrected chi connectivity index (χ2v) is 5.33. The summed E-state index contributed by atoms with van der Waals surface area (Å²) in [6.07, 6.45) is 3.02. The molecule has 0 atom stereocenters. The third kappa shape index (κ3) is 5.84. The third-order valence-corrected chi connectivity index (χ3v) is 2.26. The summed E-state index contributed by atoms with van der Waals surface area (Å²) in [6.45, 7) is 5.95. The Morgan fingerprint density at radius 3 is 2.65 bits per heavy atom. The van der Waals surface area contributed by atoms with Crippen molar-refractivity contribution in [2.75, 3.05) is 18.9 Å². The van der Waals surface area contributed by atoms with Crippen LogP contribution < -0.4 is 10.6 Å². The van der Waals surface area contributed by atoms with Crippen molar-refractivity contribution in [3.8, 4) is 0 Å². The minimum absolute atomic E-state index is 0.102. The lowest BCUT2D eigenvalue weighted by atomic mass is 10.2. The summed E-state index contributed by atoms with van der Waals surface area (Å²) in [7, 11) is 1.83. The summed E-state index contributed by atoms with van der Waals surface area (Å²) >= 11 is 0. The number of likely N-dealkylation sites (N-methyl/N-ethyl adjacent to an activating group) is 1. The van der Waals surface area contributed by atoms with Gasteiger partial charge in [-0.2, -0.15) is 0 Å². The van der Waals surface area contributed by atoms with Gasteiger partial charge in [-0.3, -0.25) is 5.32 Å². The average Bonchev–Trinajstić information content (AvgIpc) is 2.30. The van der Waals surface area contributed by atoms with Gasteiger partial charge >= 0.3 is 6.09 Å². The Kier molecular flexibility index (Phi) is 5.70. The van der Waals surface area contributed by atoms with E-state index in [1.165, 1.54) is 12.1 Å². The topological polar surface area (TPSA) is 50.4 Å². The number of carbonyl (C=O) groups excluding carboxylic acids is 1. The van der Waals surface area contributed by atoms with Crippen molar-refractivity contribution < 1.29 is 13.9 Å². The van der Waals surface area contributed by atoms with E-state index >= 15 is 0 Å². The molecule has 0 aromatic heterocycles. The summed E-state index contributed by atoms with van der Waals surface area (Å²) in [6, 6.07) is 4.60. The van der Waals surface area contributed by atoms with Gasteiger partial charge in [0.25, 0.3) is 0 Å². The minimum atomic E-state index is -0.671. The highest BCUT2D eigenvalue weighted by Crippen LogP contribution is 2.18. The van der Waals surface area contributed by atoms with Gasteiger partial charge < -0.3 is 10.1 Å². The molecule has 1 aromatic rings. The lowest BCUT2D eigenvalue weighted by Crippen LogP contribution is -2.27. The Bertz CT molecular complexity index is 493.